The molecule has 1 amide bonds. The molecule has 0 fully saturated rings. The summed E-state index contributed by atoms with van der Waals surface area (Å²) in [6.45, 7) is 1.42. The van der Waals surface area contributed by atoms with Crippen LogP contribution in [0.2, 0.25) is 5.02 Å². The van der Waals surface area contributed by atoms with Crippen molar-refractivity contribution in [1.29, 1.82) is 5.26 Å². The van der Waals surface area contributed by atoms with Gasteiger partial charge in [0.2, 0.25) is 0 Å². The van der Waals surface area contributed by atoms with Crippen molar-refractivity contribution in [1.82, 2.24) is 5.32 Å². The van der Waals surface area contributed by atoms with Gasteiger partial charge in [-0.2, -0.15) is 5.26 Å². The Morgan fingerprint density at radius 2 is 1.96 bits per heavy atom. The fourth-order valence-electron chi connectivity index (χ4n) is 2.05. The Bertz CT molecular complexity index is 782. The van der Waals surface area contributed by atoms with Crippen molar-refractivity contribution in [3.63, 3.8) is 0 Å². The van der Waals surface area contributed by atoms with Gasteiger partial charge in [-0.05, 0) is 42.8 Å². The SMILES string of the molecule is C[C@@H](NC(=O)COC(=O)c1cccc(C#N)c1)c1ccc(Cl)cc1. The fraction of sp³-hybridized carbons (Fsp3) is 0.167. The molecule has 0 saturated heterocycles. The van der Waals surface area contributed by atoms with Crippen LogP contribution in [0.25, 0.3) is 0 Å². The maximum atomic E-state index is 11.9. The van der Waals surface area contributed by atoms with Crippen molar-refractivity contribution in [2.45, 2.75) is 13.0 Å². The molecule has 2 rings (SSSR count). The number of nitrogens with one attached hydrogen (secondary N) is 1. The molecular formula is C18H15ClN2O3. The molecule has 0 bridgehead atoms. The molecule has 0 unspecified atom stereocenters. The number of ether oxygens (including phenoxy) is 1. The van der Waals surface area contributed by atoms with Crippen molar-refractivity contribution in [3.05, 3.63) is 70.2 Å². The molecule has 5 nitrogen and oxygen atoms in total. The van der Waals surface area contributed by atoms with E-state index in [1.165, 1.54) is 12.1 Å². The highest BCUT2D eigenvalue weighted by molar-refractivity contribution is 6.30. The Labute approximate surface area is 144 Å². The molecule has 122 valence electrons. The highest BCUT2D eigenvalue weighted by Gasteiger charge is 2.13. The molecule has 6 heteroatoms. The predicted molar refractivity (Wildman–Crippen MR) is 89.4 cm³/mol. The molecule has 1 N–H and O–H groups in total. The highest BCUT2D eigenvalue weighted by Crippen LogP contribution is 2.15. The van der Waals surface area contributed by atoms with E-state index in [9.17, 15) is 9.59 Å². The number of nitriles is 1. The fourth-order valence-corrected chi connectivity index (χ4v) is 2.17. The minimum Gasteiger partial charge on any atom is -0.452 e. The molecule has 0 heterocycles. The summed E-state index contributed by atoms with van der Waals surface area (Å²) in [5.41, 5.74) is 1.47. The topological polar surface area (TPSA) is 79.2 Å². The monoisotopic (exact) mass is 342 g/mol. The summed E-state index contributed by atoms with van der Waals surface area (Å²) in [7, 11) is 0. The lowest BCUT2D eigenvalue weighted by Gasteiger charge is -2.14. The third kappa shape index (κ3) is 4.83. The van der Waals surface area contributed by atoms with Crippen molar-refractivity contribution < 1.29 is 14.3 Å². The number of hydrogen-bond donors (Lipinski definition) is 1. The van der Waals surface area contributed by atoms with Gasteiger partial charge in [0.1, 0.15) is 0 Å². The van der Waals surface area contributed by atoms with Gasteiger partial charge in [0.15, 0.2) is 6.61 Å². The summed E-state index contributed by atoms with van der Waals surface area (Å²) >= 11 is 5.82. The maximum Gasteiger partial charge on any atom is 0.338 e. The van der Waals surface area contributed by atoms with E-state index >= 15 is 0 Å². The Morgan fingerprint density at radius 1 is 1.25 bits per heavy atom. The molecule has 0 aliphatic heterocycles. The van der Waals surface area contributed by atoms with E-state index in [2.05, 4.69) is 5.32 Å². The Morgan fingerprint density at radius 3 is 2.62 bits per heavy atom. The van der Waals surface area contributed by atoms with E-state index < -0.39 is 18.5 Å². The average molecular weight is 343 g/mol. The van der Waals surface area contributed by atoms with Crippen LogP contribution < -0.4 is 5.32 Å². The van der Waals surface area contributed by atoms with Crippen molar-refractivity contribution in [2.24, 2.45) is 0 Å². The van der Waals surface area contributed by atoms with Gasteiger partial charge in [-0.25, -0.2) is 4.79 Å². The van der Waals surface area contributed by atoms with Gasteiger partial charge < -0.3 is 10.1 Å². The minimum atomic E-state index is -0.651. The number of benzene rings is 2. The van der Waals surface area contributed by atoms with Crippen LogP contribution in [0.4, 0.5) is 0 Å². The second kappa shape index (κ2) is 8.14. The van der Waals surface area contributed by atoms with E-state index in [4.69, 9.17) is 21.6 Å². The average Bonchev–Trinajstić information content (AvgIpc) is 2.60. The predicted octanol–water partition coefficient (Wildman–Crippen LogP) is 3.25. The summed E-state index contributed by atoms with van der Waals surface area (Å²) in [6, 6.07) is 14.9. The summed E-state index contributed by atoms with van der Waals surface area (Å²) in [4.78, 5) is 23.8. The first-order chi connectivity index (χ1) is 11.5. The quantitative estimate of drug-likeness (QED) is 0.846. The lowest BCUT2D eigenvalue weighted by atomic mass is 10.1. The van der Waals surface area contributed by atoms with Crippen LogP contribution in [0.3, 0.4) is 0 Å². The number of rotatable bonds is 5. The number of halogens is 1. The third-order valence-corrected chi connectivity index (χ3v) is 3.56. The van der Waals surface area contributed by atoms with E-state index in [1.807, 2.05) is 25.1 Å². The van der Waals surface area contributed by atoms with E-state index in [1.54, 1.807) is 24.3 Å². The van der Waals surface area contributed by atoms with Crippen LogP contribution in [0.1, 0.15) is 34.5 Å². The van der Waals surface area contributed by atoms with Crippen molar-refractivity contribution >= 4 is 23.5 Å². The zero-order valence-electron chi connectivity index (χ0n) is 13.0. The molecule has 0 aliphatic carbocycles. The first kappa shape index (κ1) is 17.5. The normalized spacial score (nSPS) is 11.2. The second-order valence-electron chi connectivity index (χ2n) is 5.11. The molecule has 0 spiro atoms. The van der Waals surface area contributed by atoms with Crippen LogP contribution in [-0.4, -0.2) is 18.5 Å². The van der Waals surface area contributed by atoms with Crippen LogP contribution in [0.5, 0.6) is 0 Å². The van der Waals surface area contributed by atoms with E-state index in [0.29, 0.717) is 10.6 Å². The van der Waals surface area contributed by atoms with Crippen LogP contribution in [-0.2, 0) is 9.53 Å². The summed E-state index contributed by atoms with van der Waals surface area (Å²) < 4.78 is 4.96. The number of hydrogen-bond acceptors (Lipinski definition) is 4. The lowest BCUT2D eigenvalue weighted by molar-refractivity contribution is -0.124. The first-order valence-electron chi connectivity index (χ1n) is 7.21. The van der Waals surface area contributed by atoms with E-state index in [0.717, 1.165) is 5.56 Å². The zero-order valence-corrected chi connectivity index (χ0v) is 13.7. The van der Waals surface area contributed by atoms with Crippen molar-refractivity contribution in [2.75, 3.05) is 6.61 Å². The molecule has 0 radical (unpaired) electrons. The van der Waals surface area contributed by atoms with Crippen LogP contribution >= 0.6 is 11.6 Å². The Balaban J connectivity index is 1.87. The number of carbonyl (C=O) groups excluding carboxylic acids is 2. The number of amides is 1. The molecular weight excluding hydrogens is 328 g/mol. The molecule has 0 aromatic heterocycles. The molecule has 0 aliphatic rings. The summed E-state index contributed by atoms with van der Waals surface area (Å²) in [5, 5.41) is 12.2. The first-order valence-corrected chi connectivity index (χ1v) is 7.59. The highest BCUT2D eigenvalue weighted by atomic mass is 35.5. The Kier molecular flexibility index (Phi) is 5.94. The van der Waals surface area contributed by atoms with Crippen LogP contribution in [0.15, 0.2) is 48.5 Å². The maximum absolute atomic E-state index is 11.9. The van der Waals surface area contributed by atoms with Crippen molar-refractivity contribution in [3.8, 4) is 6.07 Å². The Hall–Kier alpha value is -2.84. The van der Waals surface area contributed by atoms with Gasteiger partial charge in [0.25, 0.3) is 5.91 Å². The summed E-state index contributed by atoms with van der Waals surface area (Å²) in [6.07, 6.45) is 0. The van der Waals surface area contributed by atoms with Gasteiger partial charge in [0.05, 0.1) is 23.2 Å². The molecule has 0 saturated carbocycles. The van der Waals surface area contributed by atoms with E-state index in [-0.39, 0.29) is 11.6 Å². The largest absolute Gasteiger partial charge is 0.452 e. The standard InChI is InChI=1S/C18H15ClN2O3/c1-12(14-5-7-16(19)8-6-14)21-17(22)11-24-18(23)15-4-2-3-13(9-15)10-20/h2-9,12H,11H2,1H3,(H,21,22)/t12-/m1/s1. The third-order valence-electron chi connectivity index (χ3n) is 3.31. The smallest absolute Gasteiger partial charge is 0.338 e. The van der Waals surface area contributed by atoms with Gasteiger partial charge in [0, 0.05) is 5.02 Å². The number of nitrogens with zero attached hydrogens (tertiary/aromatic N) is 1. The lowest BCUT2D eigenvalue weighted by Crippen LogP contribution is -2.31. The molecule has 1 atom stereocenters. The van der Waals surface area contributed by atoms with Crippen LogP contribution in [0, 0.1) is 11.3 Å². The van der Waals surface area contributed by atoms with Gasteiger partial charge in [-0.15, -0.1) is 0 Å². The van der Waals surface area contributed by atoms with Gasteiger partial charge in [-0.3, -0.25) is 4.79 Å². The molecule has 2 aromatic rings. The van der Waals surface area contributed by atoms with Gasteiger partial charge >= 0.3 is 5.97 Å². The molecule has 24 heavy (non-hydrogen) atoms. The molecule has 2 aromatic carbocycles. The number of esters is 1. The van der Waals surface area contributed by atoms with Gasteiger partial charge in [-0.1, -0.05) is 29.8 Å². The summed E-state index contributed by atoms with van der Waals surface area (Å²) in [5.74, 6) is -1.07. The minimum absolute atomic E-state index is 0.229. The number of carbonyl (C=O) groups is 2. The second-order valence-corrected chi connectivity index (χ2v) is 5.55. The zero-order chi connectivity index (χ0) is 17.5.